The predicted octanol–water partition coefficient (Wildman–Crippen LogP) is 6.71. The van der Waals surface area contributed by atoms with Crippen molar-refractivity contribution in [2.75, 3.05) is 6.54 Å². The number of allylic oxidation sites excluding steroid dienone is 7. The number of hydrogen-bond donors (Lipinski definition) is 2. The van der Waals surface area contributed by atoms with E-state index < -0.39 is 0 Å². The molecule has 2 N–H and O–H groups in total. The first kappa shape index (κ1) is 22.3. The maximum absolute atomic E-state index is 12.6. The fourth-order valence-corrected chi connectivity index (χ4v) is 4.97. The van der Waals surface area contributed by atoms with Crippen LogP contribution in [0.3, 0.4) is 0 Å². The number of benzene rings is 1. The van der Waals surface area contributed by atoms with Gasteiger partial charge in [-0.25, -0.2) is 0 Å². The highest BCUT2D eigenvalue weighted by atomic mass is 32.1. The molecule has 0 unspecified atom stereocenters. The summed E-state index contributed by atoms with van der Waals surface area (Å²) in [5.74, 6) is 0.914. The van der Waals surface area contributed by atoms with Crippen molar-refractivity contribution >= 4 is 23.0 Å². The lowest BCUT2D eigenvalue weighted by atomic mass is 9.81. The fraction of sp³-hybridized carbons (Fsp3) is 0.333. The third-order valence-corrected chi connectivity index (χ3v) is 7.11. The quantitative estimate of drug-likeness (QED) is 0.485. The van der Waals surface area contributed by atoms with E-state index in [9.17, 15) is 9.90 Å². The number of aromatic nitrogens is 1. The molecule has 1 heterocycles. The standard InChI is InChI=1S/C27H30N2O2S/c1-19(30)21-11-9-20(10-12-21)18-28-27(31)26-17-25(29-32-26)24-15-13-23(14-16-24)22-7-5-3-2-4-6-8-22/h3,5-8,13-17,20-21,30H,1-2,4,9-12,18H2,(H,28,31)/b5-3-,8-6-,22-7+. The second kappa shape index (κ2) is 10.6. The van der Waals surface area contributed by atoms with Crippen LogP contribution in [0.1, 0.15) is 53.8 Å². The van der Waals surface area contributed by atoms with Crippen molar-refractivity contribution in [3.63, 3.8) is 0 Å². The second-order valence-corrected chi connectivity index (χ2v) is 9.41. The molecule has 1 saturated carbocycles. The summed E-state index contributed by atoms with van der Waals surface area (Å²) in [5.41, 5.74) is 4.21. The van der Waals surface area contributed by atoms with E-state index in [4.69, 9.17) is 0 Å². The average Bonchev–Trinajstić information content (AvgIpc) is 3.28. The number of hydrogen-bond acceptors (Lipinski definition) is 4. The maximum Gasteiger partial charge on any atom is 0.263 e. The molecule has 1 aromatic carbocycles. The summed E-state index contributed by atoms with van der Waals surface area (Å²) in [7, 11) is 0. The van der Waals surface area contributed by atoms with Crippen LogP contribution in [0.25, 0.3) is 16.8 Å². The van der Waals surface area contributed by atoms with Crippen molar-refractivity contribution in [3.8, 4) is 11.3 Å². The lowest BCUT2D eigenvalue weighted by molar-refractivity contribution is 0.0944. The van der Waals surface area contributed by atoms with Crippen LogP contribution in [0.4, 0.5) is 0 Å². The first-order chi connectivity index (χ1) is 15.6. The molecule has 0 radical (unpaired) electrons. The van der Waals surface area contributed by atoms with Gasteiger partial charge in [0, 0.05) is 18.0 Å². The Hall–Kier alpha value is -2.92. The molecule has 32 heavy (non-hydrogen) atoms. The van der Waals surface area contributed by atoms with Crippen LogP contribution in [0.15, 0.2) is 73.1 Å². The Morgan fingerprint density at radius 1 is 1.09 bits per heavy atom. The zero-order valence-electron chi connectivity index (χ0n) is 18.3. The minimum absolute atomic E-state index is 0.0596. The molecular weight excluding hydrogens is 416 g/mol. The van der Waals surface area contributed by atoms with Gasteiger partial charge < -0.3 is 10.4 Å². The Morgan fingerprint density at radius 3 is 2.56 bits per heavy atom. The highest BCUT2D eigenvalue weighted by Gasteiger charge is 2.23. The Balaban J connectivity index is 1.34. The highest BCUT2D eigenvalue weighted by molar-refractivity contribution is 7.08. The van der Waals surface area contributed by atoms with Crippen molar-refractivity contribution in [3.05, 3.63) is 83.5 Å². The summed E-state index contributed by atoms with van der Waals surface area (Å²) >= 11 is 1.24. The van der Waals surface area contributed by atoms with Gasteiger partial charge in [0.15, 0.2) is 0 Å². The molecule has 0 saturated heterocycles. The van der Waals surface area contributed by atoms with E-state index in [0.717, 1.165) is 49.8 Å². The molecule has 166 valence electrons. The van der Waals surface area contributed by atoms with E-state index in [1.165, 1.54) is 22.7 Å². The third kappa shape index (κ3) is 5.65. The van der Waals surface area contributed by atoms with Crippen molar-refractivity contribution in [2.45, 2.75) is 38.5 Å². The van der Waals surface area contributed by atoms with Gasteiger partial charge in [0.2, 0.25) is 0 Å². The zero-order chi connectivity index (χ0) is 22.3. The second-order valence-electron chi connectivity index (χ2n) is 8.60. The van der Waals surface area contributed by atoms with Crippen LogP contribution in [-0.4, -0.2) is 21.9 Å². The van der Waals surface area contributed by atoms with Gasteiger partial charge >= 0.3 is 0 Å². The van der Waals surface area contributed by atoms with E-state index in [1.54, 1.807) is 0 Å². The van der Waals surface area contributed by atoms with Crippen molar-refractivity contribution < 1.29 is 9.90 Å². The zero-order valence-corrected chi connectivity index (χ0v) is 19.1. The monoisotopic (exact) mass is 446 g/mol. The molecule has 0 atom stereocenters. The van der Waals surface area contributed by atoms with Crippen molar-refractivity contribution in [1.29, 1.82) is 0 Å². The Bertz CT molecular complexity index is 1040. The molecule has 0 bridgehead atoms. The van der Waals surface area contributed by atoms with Crippen LogP contribution < -0.4 is 5.32 Å². The number of carbonyl (C=O) groups is 1. The molecule has 2 aliphatic carbocycles. The smallest absolute Gasteiger partial charge is 0.263 e. The van der Waals surface area contributed by atoms with Gasteiger partial charge in [-0.1, -0.05) is 61.2 Å². The molecule has 0 spiro atoms. The topological polar surface area (TPSA) is 62.2 Å². The first-order valence-electron chi connectivity index (χ1n) is 11.4. The number of amides is 1. The highest BCUT2D eigenvalue weighted by Crippen LogP contribution is 2.31. The molecule has 2 aromatic rings. The lowest BCUT2D eigenvalue weighted by Gasteiger charge is -2.27. The molecule has 4 nitrogen and oxygen atoms in total. The first-order valence-corrected chi connectivity index (χ1v) is 12.1. The summed E-state index contributed by atoms with van der Waals surface area (Å²) in [6.07, 6.45) is 16.9. The van der Waals surface area contributed by atoms with Gasteiger partial charge in [-0.05, 0) is 73.2 Å². The van der Waals surface area contributed by atoms with Crippen LogP contribution in [0, 0.1) is 11.8 Å². The SMILES string of the molecule is C=C(O)C1CCC(CNC(=O)c2cc(-c3ccc(C4=C/C=C\CC/C=C\4)cc3)ns2)CC1. The molecule has 4 rings (SSSR count). The largest absolute Gasteiger partial charge is 0.513 e. The van der Waals surface area contributed by atoms with Gasteiger partial charge in [-0.15, -0.1) is 0 Å². The van der Waals surface area contributed by atoms with Crippen molar-refractivity contribution in [2.24, 2.45) is 11.8 Å². The molecule has 1 aromatic heterocycles. The van der Waals surface area contributed by atoms with Gasteiger partial charge in [-0.2, -0.15) is 4.37 Å². The van der Waals surface area contributed by atoms with Gasteiger partial charge in [0.05, 0.1) is 11.5 Å². The number of carbonyl (C=O) groups excluding carboxylic acids is 1. The summed E-state index contributed by atoms with van der Waals surface area (Å²) in [5, 5.41) is 12.6. The van der Waals surface area contributed by atoms with Gasteiger partial charge in [0.25, 0.3) is 5.91 Å². The van der Waals surface area contributed by atoms with Crippen LogP contribution in [-0.2, 0) is 0 Å². The van der Waals surface area contributed by atoms with E-state index in [0.29, 0.717) is 23.1 Å². The minimum Gasteiger partial charge on any atom is -0.513 e. The molecule has 5 heteroatoms. The number of aliphatic hydroxyl groups is 1. The summed E-state index contributed by atoms with van der Waals surface area (Å²) in [4.78, 5) is 13.2. The average molecular weight is 447 g/mol. The fourth-order valence-electron chi connectivity index (χ4n) is 4.29. The maximum atomic E-state index is 12.6. The molecule has 1 fully saturated rings. The van der Waals surface area contributed by atoms with Crippen molar-refractivity contribution in [1.82, 2.24) is 9.69 Å². The Morgan fingerprint density at radius 2 is 1.81 bits per heavy atom. The molecule has 1 amide bonds. The Labute approximate surface area is 194 Å². The number of aliphatic hydroxyl groups excluding tert-OH is 1. The van der Waals surface area contributed by atoms with Crippen LogP contribution in [0.2, 0.25) is 0 Å². The van der Waals surface area contributed by atoms with Gasteiger partial charge in [-0.3, -0.25) is 4.79 Å². The van der Waals surface area contributed by atoms with Crippen LogP contribution >= 0.6 is 11.5 Å². The normalized spacial score (nSPS) is 24.4. The van der Waals surface area contributed by atoms with E-state index in [1.807, 2.05) is 6.07 Å². The van der Waals surface area contributed by atoms with E-state index in [-0.39, 0.29) is 11.8 Å². The molecule has 0 aliphatic heterocycles. The third-order valence-electron chi connectivity index (χ3n) is 6.33. The number of nitrogens with one attached hydrogen (secondary N) is 1. The molecular formula is C27H30N2O2S. The Kier molecular flexibility index (Phi) is 7.38. The lowest BCUT2D eigenvalue weighted by Crippen LogP contribution is -2.31. The summed E-state index contributed by atoms with van der Waals surface area (Å²) in [6, 6.07) is 10.2. The van der Waals surface area contributed by atoms with Crippen LogP contribution in [0.5, 0.6) is 0 Å². The predicted molar refractivity (Wildman–Crippen MR) is 133 cm³/mol. The van der Waals surface area contributed by atoms with Gasteiger partial charge in [0.1, 0.15) is 4.88 Å². The number of nitrogens with zero attached hydrogens (tertiary/aromatic N) is 1. The van der Waals surface area contributed by atoms with E-state index in [2.05, 4.69) is 70.9 Å². The molecule has 2 aliphatic rings. The summed E-state index contributed by atoms with van der Waals surface area (Å²) in [6.45, 7) is 4.32. The summed E-state index contributed by atoms with van der Waals surface area (Å²) < 4.78 is 4.50. The number of rotatable bonds is 6. The minimum atomic E-state index is -0.0596. The van der Waals surface area contributed by atoms with E-state index >= 15 is 0 Å².